The molecule has 1 aromatic carbocycles. The fourth-order valence-electron chi connectivity index (χ4n) is 4.56. The minimum Gasteiger partial charge on any atom is -0.389 e. The number of hydrogen-bond acceptors (Lipinski definition) is 6. The summed E-state index contributed by atoms with van der Waals surface area (Å²) in [5, 5.41) is 13.6. The number of nitrogens with one attached hydrogen (secondary N) is 1. The molecule has 7 nitrogen and oxygen atoms in total. The lowest BCUT2D eigenvalue weighted by Crippen LogP contribution is -2.36. The molecule has 0 unspecified atom stereocenters. The number of para-hydroxylation sites is 1. The third-order valence-electron chi connectivity index (χ3n) is 6.34. The molecule has 1 aliphatic carbocycles. The predicted molar refractivity (Wildman–Crippen MR) is 117 cm³/mol. The number of methoxy groups -OCH3 is 1. The summed E-state index contributed by atoms with van der Waals surface area (Å²) in [6.45, 7) is 2.84. The highest BCUT2D eigenvalue weighted by atomic mass is 16.7. The molecule has 0 amide bonds. The number of nitrogens with zero attached hydrogens (tertiary/aromatic N) is 4. The minimum atomic E-state index is -0.211. The first-order valence-electron chi connectivity index (χ1n) is 10.7. The second-order valence-electron chi connectivity index (χ2n) is 8.16. The largest absolute Gasteiger partial charge is 0.389 e. The lowest BCUT2D eigenvalue weighted by atomic mass is 9.79. The number of rotatable bonds is 5. The molecule has 0 atom stereocenters. The second-order valence-corrected chi connectivity index (χ2v) is 8.16. The molecule has 156 valence electrons. The van der Waals surface area contributed by atoms with Gasteiger partial charge in [0.05, 0.1) is 29.1 Å². The van der Waals surface area contributed by atoms with Gasteiger partial charge in [0.1, 0.15) is 5.60 Å². The first-order valence-corrected chi connectivity index (χ1v) is 10.7. The average Bonchev–Trinajstić information content (AvgIpc) is 3.40. The van der Waals surface area contributed by atoms with Crippen LogP contribution in [0.15, 0.2) is 47.9 Å². The highest BCUT2D eigenvalue weighted by Gasteiger charge is 2.43. The molecule has 5 rings (SSSR count). The van der Waals surface area contributed by atoms with Crippen molar-refractivity contribution in [3.05, 3.63) is 48.3 Å². The number of pyridine rings is 1. The Morgan fingerprint density at radius 2 is 2.00 bits per heavy atom. The Kier molecular flexibility index (Phi) is 4.90. The number of hydrogen-bond donors (Lipinski definition) is 1. The molecule has 2 aromatic heterocycles. The van der Waals surface area contributed by atoms with Crippen molar-refractivity contribution in [2.75, 3.05) is 12.4 Å². The highest BCUT2D eigenvalue weighted by Crippen LogP contribution is 2.42. The maximum Gasteiger partial charge on any atom is 0.159 e. The van der Waals surface area contributed by atoms with Crippen LogP contribution in [0, 0.1) is 0 Å². The minimum absolute atomic E-state index is 0.211. The monoisotopic (exact) mass is 405 g/mol. The summed E-state index contributed by atoms with van der Waals surface area (Å²) < 4.78 is 7.44. The molecule has 1 aliphatic heterocycles. The molecule has 2 aliphatic rings. The summed E-state index contributed by atoms with van der Waals surface area (Å²) in [5.41, 5.74) is 4.59. The van der Waals surface area contributed by atoms with Gasteiger partial charge in [-0.05, 0) is 44.7 Å². The normalized spacial score (nSPS) is 23.5. The summed E-state index contributed by atoms with van der Waals surface area (Å²) in [6, 6.07) is 10.2. The van der Waals surface area contributed by atoms with Crippen LogP contribution in [0.2, 0.25) is 0 Å². The van der Waals surface area contributed by atoms with Gasteiger partial charge in [-0.3, -0.25) is 0 Å². The van der Waals surface area contributed by atoms with Crippen molar-refractivity contribution in [2.45, 2.75) is 57.3 Å². The van der Waals surface area contributed by atoms with Gasteiger partial charge in [-0.2, -0.15) is 5.10 Å². The fraction of sp³-hybridized carbons (Fsp3) is 0.435. The number of anilines is 2. The standard InChI is InChI=1S/C23H27N5O2/c1-3-28-22-19(15-25-28)21(26-16-7-5-4-6-8-16)18(14-24-22)20-13-23(30-27-20)11-9-17(29-2)10-12-23/h4-8,14-15,17H,3,9-13H2,1-2H3,(H,24,26). The maximum atomic E-state index is 6.04. The number of ether oxygens (including phenoxy) is 1. The third kappa shape index (κ3) is 3.33. The van der Waals surface area contributed by atoms with E-state index in [9.17, 15) is 0 Å². The van der Waals surface area contributed by atoms with Crippen molar-refractivity contribution in [1.82, 2.24) is 14.8 Å². The van der Waals surface area contributed by atoms with Gasteiger partial charge in [0.25, 0.3) is 0 Å². The molecule has 0 saturated heterocycles. The smallest absolute Gasteiger partial charge is 0.159 e. The van der Waals surface area contributed by atoms with Gasteiger partial charge in [0.2, 0.25) is 0 Å². The van der Waals surface area contributed by atoms with Crippen LogP contribution in [0.1, 0.15) is 44.6 Å². The number of oxime groups is 1. The van der Waals surface area contributed by atoms with Crippen LogP contribution in [-0.4, -0.2) is 39.3 Å². The maximum absolute atomic E-state index is 6.04. The van der Waals surface area contributed by atoms with Crippen LogP contribution in [-0.2, 0) is 16.1 Å². The molecular weight excluding hydrogens is 378 g/mol. The molecule has 0 radical (unpaired) electrons. The molecule has 1 saturated carbocycles. The summed E-state index contributed by atoms with van der Waals surface area (Å²) in [7, 11) is 1.79. The van der Waals surface area contributed by atoms with Gasteiger partial charge in [-0.25, -0.2) is 9.67 Å². The van der Waals surface area contributed by atoms with Crippen molar-refractivity contribution in [3.8, 4) is 0 Å². The van der Waals surface area contributed by atoms with Gasteiger partial charge in [0.15, 0.2) is 5.65 Å². The molecule has 0 bridgehead atoms. The number of fused-ring (bicyclic) bond motifs is 1. The van der Waals surface area contributed by atoms with Crippen molar-refractivity contribution in [3.63, 3.8) is 0 Å². The van der Waals surface area contributed by atoms with Crippen LogP contribution >= 0.6 is 0 Å². The molecule has 1 N–H and O–H groups in total. The molecule has 3 heterocycles. The zero-order valence-electron chi connectivity index (χ0n) is 17.5. The quantitative estimate of drug-likeness (QED) is 0.669. The molecule has 7 heteroatoms. The fourth-order valence-corrected chi connectivity index (χ4v) is 4.56. The van der Waals surface area contributed by atoms with E-state index in [1.807, 2.05) is 35.3 Å². The average molecular weight is 406 g/mol. The Morgan fingerprint density at radius 3 is 2.73 bits per heavy atom. The Balaban J connectivity index is 1.50. The Hall–Kier alpha value is -2.93. The summed E-state index contributed by atoms with van der Waals surface area (Å²) in [6.07, 6.45) is 8.86. The van der Waals surface area contributed by atoms with E-state index in [2.05, 4.69) is 34.6 Å². The number of aromatic nitrogens is 3. The lowest BCUT2D eigenvalue weighted by Gasteiger charge is -2.34. The molecule has 1 fully saturated rings. The van der Waals surface area contributed by atoms with E-state index in [4.69, 9.17) is 14.6 Å². The van der Waals surface area contributed by atoms with E-state index in [0.717, 1.165) is 72.3 Å². The van der Waals surface area contributed by atoms with Gasteiger partial charge < -0.3 is 14.9 Å². The summed E-state index contributed by atoms with van der Waals surface area (Å²) >= 11 is 0. The third-order valence-corrected chi connectivity index (χ3v) is 6.34. The molecular formula is C23H27N5O2. The van der Waals surface area contributed by atoms with Gasteiger partial charge >= 0.3 is 0 Å². The van der Waals surface area contributed by atoms with Gasteiger partial charge in [-0.1, -0.05) is 23.4 Å². The molecule has 3 aromatic rings. The van der Waals surface area contributed by atoms with E-state index in [1.54, 1.807) is 7.11 Å². The number of benzene rings is 1. The highest BCUT2D eigenvalue weighted by molar-refractivity contribution is 6.11. The van der Waals surface area contributed by atoms with Crippen molar-refractivity contribution >= 4 is 28.1 Å². The SMILES string of the molecule is CCn1ncc2c(Nc3ccccc3)c(C3=NOC4(CCC(OC)CC4)C3)cnc21. The predicted octanol–water partition coefficient (Wildman–Crippen LogP) is 4.65. The first kappa shape index (κ1) is 19.1. The van der Waals surface area contributed by atoms with Crippen LogP contribution in [0.5, 0.6) is 0 Å². The molecule has 30 heavy (non-hydrogen) atoms. The van der Waals surface area contributed by atoms with Crippen molar-refractivity contribution < 1.29 is 9.57 Å². The van der Waals surface area contributed by atoms with Crippen LogP contribution < -0.4 is 5.32 Å². The van der Waals surface area contributed by atoms with E-state index < -0.39 is 0 Å². The van der Waals surface area contributed by atoms with E-state index in [-0.39, 0.29) is 5.60 Å². The van der Waals surface area contributed by atoms with E-state index in [1.165, 1.54) is 0 Å². The van der Waals surface area contributed by atoms with Crippen LogP contribution in [0.3, 0.4) is 0 Å². The topological polar surface area (TPSA) is 73.6 Å². The Labute approximate surface area is 176 Å². The summed E-state index contributed by atoms with van der Waals surface area (Å²) in [4.78, 5) is 10.8. The van der Waals surface area contributed by atoms with Crippen molar-refractivity contribution in [1.29, 1.82) is 0 Å². The van der Waals surface area contributed by atoms with Crippen LogP contribution in [0.25, 0.3) is 11.0 Å². The zero-order valence-corrected chi connectivity index (χ0v) is 17.5. The van der Waals surface area contributed by atoms with Gasteiger partial charge in [-0.15, -0.1) is 0 Å². The van der Waals surface area contributed by atoms with Crippen LogP contribution in [0.4, 0.5) is 11.4 Å². The second kappa shape index (κ2) is 7.72. The molecule has 1 spiro atoms. The zero-order chi connectivity index (χ0) is 20.6. The lowest BCUT2D eigenvalue weighted by molar-refractivity contribution is -0.0744. The van der Waals surface area contributed by atoms with E-state index >= 15 is 0 Å². The van der Waals surface area contributed by atoms with Crippen molar-refractivity contribution in [2.24, 2.45) is 5.16 Å². The number of aryl methyl sites for hydroxylation is 1. The summed E-state index contributed by atoms with van der Waals surface area (Å²) in [5.74, 6) is 0. The first-order chi connectivity index (χ1) is 14.7. The van der Waals surface area contributed by atoms with E-state index in [0.29, 0.717) is 6.10 Å². The van der Waals surface area contributed by atoms with Gasteiger partial charge in [0, 0.05) is 37.5 Å². The Morgan fingerprint density at radius 1 is 1.20 bits per heavy atom. The Bertz CT molecular complexity index is 1070.